The van der Waals surface area contributed by atoms with Crippen molar-refractivity contribution in [1.29, 1.82) is 0 Å². The van der Waals surface area contributed by atoms with Crippen LogP contribution in [0.1, 0.15) is 18.9 Å². The van der Waals surface area contributed by atoms with E-state index >= 15 is 0 Å². The molecule has 0 aromatic heterocycles. The number of esters is 1. The normalized spacial score (nSPS) is 11.1. The molecule has 0 saturated carbocycles. The van der Waals surface area contributed by atoms with Gasteiger partial charge < -0.3 is 9.47 Å². The van der Waals surface area contributed by atoms with Gasteiger partial charge in [-0.05, 0) is 25.5 Å². The molecule has 0 atom stereocenters. The van der Waals surface area contributed by atoms with Gasteiger partial charge in [-0.25, -0.2) is 4.79 Å². The summed E-state index contributed by atoms with van der Waals surface area (Å²) in [6.07, 6.45) is 2.15. The van der Waals surface area contributed by atoms with E-state index in [1.165, 1.54) is 13.2 Å². The maximum atomic E-state index is 11.4. The lowest BCUT2D eigenvalue weighted by Crippen LogP contribution is -2.06. The molecular formula is C14H17NO5. The lowest BCUT2D eigenvalue weighted by atomic mass is 10.2. The van der Waals surface area contributed by atoms with Gasteiger partial charge in [-0.1, -0.05) is 13.0 Å². The van der Waals surface area contributed by atoms with Gasteiger partial charge in [0.1, 0.15) is 12.4 Å². The van der Waals surface area contributed by atoms with Crippen LogP contribution in [-0.4, -0.2) is 24.6 Å². The first-order valence-electron chi connectivity index (χ1n) is 6.15. The molecule has 0 N–H and O–H groups in total. The van der Waals surface area contributed by atoms with Crippen molar-refractivity contribution >= 4 is 11.7 Å². The molecule has 6 heteroatoms. The molecule has 1 aromatic carbocycles. The summed E-state index contributed by atoms with van der Waals surface area (Å²) in [4.78, 5) is 21.7. The number of rotatable bonds is 6. The molecule has 0 aliphatic carbocycles. The summed E-state index contributed by atoms with van der Waals surface area (Å²) in [5, 5.41) is 10.8. The number of benzene rings is 1. The van der Waals surface area contributed by atoms with Crippen molar-refractivity contribution in [3.63, 3.8) is 0 Å². The molecular weight excluding hydrogens is 262 g/mol. The van der Waals surface area contributed by atoms with Gasteiger partial charge in [0.15, 0.2) is 0 Å². The molecule has 1 aromatic rings. The first kappa shape index (κ1) is 15.7. The first-order valence-corrected chi connectivity index (χ1v) is 6.15. The van der Waals surface area contributed by atoms with Gasteiger partial charge in [0.25, 0.3) is 5.69 Å². The Morgan fingerprint density at radius 2 is 2.15 bits per heavy atom. The lowest BCUT2D eigenvalue weighted by molar-refractivity contribution is -0.385. The average molecular weight is 279 g/mol. The van der Waals surface area contributed by atoms with E-state index in [0.29, 0.717) is 23.3 Å². The van der Waals surface area contributed by atoms with E-state index in [1.54, 1.807) is 25.1 Å². The largest absolute Gasteiger partial charge is 0.489 e. The minimum absolute atomic E-state index is 0.00941. The Bertz CT molecular complexity index is 536. The van der Waals surface area contributed by atoms with Crippen LogP contribution < -0.4 is 4.74 Å². The molecule has 20 heavy (non-hydrogen) atoms. The Hall–Kier alpha value is -2.37. The number of nitro benzene ring substituents is 1. The number of ether oxygens (including phenoxy) is 2. The number of hydrogen-bond acceptors (Lipinski definition) is 5. The molecule has 0 heterocycles. The van der Waals surface area contributed by atoms with Crippen LogP contribution in [0.2, 0.25) is 0 Å². The third-order valence-electron chi connectivity index (χ3n) is 2.85. The maximum absolute atomic E-state index is 11.4. The van der Waals surface area contributed by atoms with Crippen LogP contribution in [0.15, 0.2) is 29.8 Å². The Kier molecular flexibility index (Phi) is 5.71. The maximum Gasteiger partial charge on any atom is 0.333 e. The standard InChI is InChI=1S/C14H17NO5/c1-4-11(14(16)19-3)8-9-20-13-7-5-6-12(10(13)2)15(17)18/h5-8H,4,9H2,1-3H3. The number of nitrogens with zero attached hydrogens (tertiary/aromatic N) is 1. The van der Waals surface area contributed by atoms with Gasteiger partial charge in [-0.3, -0.25) is 10.1 Å². The van der Waals surface area contributed by atoms with Crippen molar-refractivity contribution in [2.45, 2.75) is 20.3 Å². The molecule has 1 rings (SSSR count). The van der Waals surface area contributed by atoms with Crippen LogP contribution in [0.5, 0.6) is 5.75 Å². The second-order valence-electron chi connectivity index (χ2n) is 4.04. The molecule has 0 unspecified atom stereocenters. The second kappa shape index (κ2) is 7.28. The number of carbonyl (C=O) groups is 1. The highest BCUT2D eigenvalue weighted by molar-refractivity contribution is 5.88. The van der Waals surface area contributed by atoms with Gasteiger partial charge >= 0.3 is 5.97 Å². The highest BCUT2D eigenvalue weighted by Crippen LogP contribution is 2.26. The summed E-state index contributed by atoms with van der Waals surface area (Å²) in [5.41, 5.74) is 0.979. The monoisotopic (exact) mass is 279 g/mol. The van der Waals surface area contributed by atoms with Gasteiger partial charge in [0.2, 0.25) is 0 Å². The van der Waals surface area contributed by atoms with E-state index in [1.807, 2.05) is 6.92 Å². The van der Waals surface area contributed by atoms with Crippen molar-refractivity contribution < 1.29 is 19.2 Å². The van der Waals surface area contributed by atoms with E-state index in [0.717, 1.165) is 0 Å². The van der Waals surface area contributed by atoms with Crippen molar-refractivity contribution in [1.82, 2.24) is 0 Å². The fraction of sp³-hybridized carbons (Fsp3) is 0.357. The minimum atomic E-state index is -0.454. The third-order valence-corrected chi connectivity index (χ3v) is 2.85. The summed E-state index contributed by atoms with van der Waals surface area (Å²) < 4.78 is 10.1. The Morgan fingerprint density at radius 1 is 1.45 bits per heavy atom. The molecule has 0 bridgehead atoms. The van der Waals surface area contributed by atoms with Crippen molar-refractivity contribution in [3.05, 3.63) is 45.5 Å². The number of carbonyl (C=O) groups excluding carboxylic acids is 1. The molecule has 0 amide bonds. The van der Waals surface area contributed by atoms with Gasteiger partial charge in [-0.2, -0.15) is 0 Å². The Labute approximate surface area is 117 Å². The molecule has 0 aliphatic rings. The Morgan fingerprint density at radius 3 is 2.70 bits per heavy atom. The molecule has 0 aliphatic heterocycles. The predicted octanol–water partition coefficient (Wildman–Crippen LogP) is 2.79. The highest BCUT2D eigenvalue weighted by Gasteiger charge is 2.14. The van der Waals surface area contributed by atoms with Crippen molar-refractivity contribution in [3.8, 4) is 5.75 Å². The van der Waals surface area contributed by atoms with Gasteiger partial charge in [0, 0.05) is 11.6 Å². The van der Waals surface area contributed by atoms with E-state index in [-0.39, 0.29) is 12.3 Å². The average Bonchev–Trinajstić information content (AvgIpc) is 2.44. The van der Waals surface area contributed by atoms with Crippen LogP contribution in [0.4, 0.5) is 5.69 Å². The highest BCUT2D eigenvalue weighted by atomic mass is 16.6. The van der Waals surface area contributed by atoms with Crippen molar-refractivity contribution in [2.75, 3.05) is 13.7 Å². The van der Waals surface area contributed by atoms with E-state index in [4.69, 9.17) is 4.74 Å². The van der Waals surface area contributed by atoms with Crippen LogP contribution in [0, 0.1) is 17.0 Å². The van der Waals surface area contributed by atoms with Crippen LogP contribution in [0.25, 0.3) is 0 Å². The van der Waals surface area contributed by atoms with Crippen molar-refractivity contribution in [2.24, 2.45) is 0 Å². The SMILES string of the molecule is CCC(=CCOc1cccc([N+](=O)[O-])c1C)C(=O)OC. The van der Waals surface area contributed by atoms with Gasteiger partial charge in [-0.15, -0.1) is 0 Å². The molecule has 108 valence electrons. The number of nitro groups is 1. The summed E-state index contributed by atoms with van der Waals surface area (Å²) in [7, 11) is 1.32. The van der Waals surface area contributed by atoms with E-state index in [2.05, 4.69) is 4.74 Å². The molecule has 6 nitrogen and oxygen atoms in total. The zero-order valence-electron chi connectivity index (χ0n) is 11.7. The molecule has 0 fully saturated rings. The summed E-state index contributed by atoms with van der Waals surface area (Å²) in [6, 6.07) is 4.63. The first-order chi connectivity index (χ1) is 9.51. The zero-order valence-corrected chi connectivity index (χ0v) is 11.7. The van der Waals surface area contributed by atoms with Crippen LogP contribution in [-0.2, 0) is 9.53 Å². The fourth-order valence-electron chi connectivity index (χ4n) is 1.69. The minimum Gasteiger partial charge on any atom is -0.489 e. The van der Waals surface area contributed by atoms with E-state index < -0.39 is 10.9 Å². The number of hydrogen-bond donors (Lipinski definition) is 0. The summed E-state index contributed by atoms with van der Waals surface area (Å²) in [6.45, 7) is 3.61. The quantitative estimate of drug-likeness (QED) is 0.346. The lowest BCUT2D eigenvalue weighted by Gasteiger charge is -2.08. The summed E-state index contributed by atoms with van der Waals surface area (Å²) >= 11 is 0. The number of methoxy groups -OCH3 is 1. The predicted molar refractivity (Wildman–Crippen MR) is 73.7 cm³/mol. The zero-order chi connectivity index (χ0) is 15.1. The Balaban J connectivity index is 2.80. The summed E-state index contributed by atoms with van der Waals surface area (Å²) in [5.74, 6) is 0.0302. The topological polar surface area (TPSA) is 78.7 Å². The second-order valence-corrected chi connectivity index (χ2v) is 4.04. The smallest absolute Gasteiger partial charge is 0.333 e. The van der Waals surface area contributed by atoms with Crippen LogP contribution >= 0.6 is 0 Å². The van der Waals surface area contributed by atoms with E-state index in [9.17, 15) is 14.9 Å². The van der Waals surface area contributed by atoms with Crippen LogP contribution in [0.3, 0.4) is 0 Å². The fourth-order valence-corrected chi connectivity index (χ4v) is 1.69. The third kappa shape index (κ3) is 3.81. The molecule has 0 saturated heterocycles. The molecule has 0 radical (unpaired) electrons. The molecule has 0 spiro atoms. The van der Waals surface area contributed by atoms with Gasteiger partial charge in [0.05, 0.1) is 17.6 Å².